The molecule has 0 radical (unpaired) electrons. The lowest BCUT2D eigenvalue weighted by molar-refractivity contribution is -0.112. The normalized spacial score (nSPS) is 10.8. The van der Waals surface area contributed by atoms with Crippen LogP contribution < -0.4 is 10.1 Å². The molecular weight excluding hydrogens is 420 g/mol. The summed E-state index contributed by atoms with van der Waals surface area (Å²) in [5, 5.41) is 12.3. The van der Waals surface area contributed by atoms with Gasteiger partial charge in [-0.25, -0.2) is 4.79 Å². The number of nitrogens with zero attached hydrogens (tertiary/aromatic N) is 1. The van der Waals surface area contributed by atoms with E-state index in [1.165, 1.54) is 31.6 Å². The molecule has 26 heavy (non-hydrogen) atoms. The van der Waals surface area contributed by atoms with Crippen LogP contribution >= 0.6 is 27.3 Å². The molecule has 0 saturated heterocycles. The summed E-state index contributed by atoms with van der Waals surface area (Å²) in [6.07, 6.45) is 1.43. The number of hydrogen-bond acceptors (Lipinski definition) is 6. The maximum atomic E-state index is 12.5. The number of nitriles is 1. The zero-order chi connectivity index (χ0) is 19.3. The number of nitrogens with one attached hydrogen (secondary N) is 1. The maximum absolute atomic E-state index is 12.5. The molecule has 1 aromatic heterocycles. The molecule has 0 aliphatic rings. The third-order valence-corrected chi connectivity index (χ3v) is 4.80. The topological polar surface area (TPSA) is 88.4 Å². The second-order valence-corrected chi connectivity index (χ2v) is 7.27. The van der Waals surface area contributed by atoms with Crippen molar-refractivity contribution in [3.8, 4) is 11.8 Å². The number of thiophene rings is 1. The third-order valence-electron chi connectivity index (χ3n) is 3.34. The van der Waals surface area contributed by atoms with Crippen molar-refractivity contribution in [2.75, 3.05) is 19.5 Å². The van der Waals surface area contributed by atoms with E-state index in [2.05, 4.69) is 21.2 Å². The highest BCUT2D eigenvalue weighted by Crippen LogP contribution is 2.29. The Labute approximate surface area is 163 Å². The third kappa shape index (κ3) is 4.50. The Hall–Kier alpha value is -2.63. The summed E-state index contributed by atoms with van der Waals surface area (Å²) in [5.41, 5.74) is 0.702. The first-order valence-corrected chi connectivity index (χ1v) is 8.96. The van der Waals surface area contributed by atoms with Crippen LogP contribution in [0.25, 0.3) is 6.08 Å². The van der Waals surface area contributed by atoms with Crippen molar-refractivity contribution >= 4 is 50.2 Å². The first-order chi connectivity index (χ1) is 12.4. The number of amides is 1. The fraction of sp³-hybridized carbons (Fsp3) is 0.167. The first kappa shape index (κ1) is 19.7. The minimum atomic E-state index is -0.624. The number of ether oxygens (including phenoxy) is 2. The molecule has 0 aliphatic carbocycles. The predicted molar refractivity (Wildman–Crippen MR) is 103 cm³/mol. The molecule has 2 aromatic rings. The van der Waals surface area contributed by atoms with E-state index in [0.717, 1.165) is 9.35 Å². The molecule has 0 unspecified atom stereocenters. The SMILES string of the molecule is COC(=O)c1cc(C)sc1NC(=O)C(C#N)=Cc1cc(Br)ccc1OC. The van der Waals surface area contributed by atoms with Gasteiger partial charge in [-0.3, -0.25) is 4.79 Å². The van der Waals surface area contributed by atoms with Crippen molar-refractivity contribution in [3.63, 3.8) is 0 Å². The smallest absolute Gasteiger partial charge is 0.340 e. The second kappa shape index (κ2) is 8.65. The quantitative estimate of drug-likeness (QED) is 0.433. The standard InChI is InChI=1S/C18H15BrN2O4S/c1-10-6-14(18(23)25-3)17(26-10)21-16(22)12(9-20)7-11-8-13(19)4-5-15(11)24-2/h4-8H,1-3H3,(H,21,22). The number of carbonyl (C=O) groups is 2. The Balaban J connectivity index is 2.35. The summed E-state index contributed by atoms with van der Waals surface area (Å²) >= 11 is 4.58. The number of methoxy groups -OCH3 is 2. The summed E-state index contributed by atoms with van der Waals surface area (Å²) in [4.78, 5) is 25.1. The van der Waals surface area contributed by atoms with Crippen molar-refractivity contribution < 1.29 is 19.1 Å². The van der Waals surface area contributed by atoms with E-state index in [9.17, 15) is 14.9 Å². The molecule has 1 N–H and O–H groups in total. The van der Waals surface area contributed by atoms with E-state index in [-0.39, 0.29) is 11.1 Å². The van der Waals surface area contributed by atoms with Crippen LogP contribution in [0.15, 0.2) is 34.3 Å². The molecule has 0 spiro atoms. The molecule has 0 bridgehead atoms. The lowest BCUT2D eigenvalue weighted by Crippen LogP contribution is -2.15. The Morgan fingerprint density at radius 2 is 2.04 bits per heavy atom. The van der Waals surface area contributed by atoms with E-state index in [1.54, 1.807) is 31.2 Å². The van der Waals surface area contributed by atoms with Gasteiger partial charge in [0.15, 0.2) is 0 Å². The summed E-state index contributed by atoms with van der Waals surface area (Å²) in [6, 6.07) is 8.75. The van der Waals surface area contributed by atoms with Gasteiger partial charge in [-0.2, -0.15) is 5.26 Å². The predicted octanol–water partition coefficient (Wildman–Crippen LogP) is 4.16. The fourth-order valence-corrected chi connectivity index (χ4v) is 3.43. The number of benzene rings is 1. The molecule has 0 fully saturated rings. The molecule has 0 aliphatic heterocycles. The van der Waals surface area contributed by atoms with Gasteiger partial charge in [-0.15, -0.1) is 11.3 Å². The van der Waals surface area contributed by atoms with Crippen molar-refractivity contribution in [3.05, 3.63) is 50.3 Å². The number of halogens is 1. The Morgan fingerprint density at radius 1 is 1.31 bits per heavy atom. The van der Waals surface area contributed by atoms with E-state index >= 15 is 0 Å². The minimum absolute atomic E-state index is 0.122. The van der Waals surface area contributed by atoms with E-state index in [4.69, 9.17) is 9.47 Å². The molecule has 134 valence electrons. The lowest BCUT2D eigenvalue weighted by atomic mass is 10.1. The van der Waals surface area contributed by atoms with Crippen LogP contribution in [-0.2, 0) is 9.53 Å². The van der Waals surface area contributed by atoms with Crippen LogP contribution in [0.4, 0.5) is 5.00 Å². The Bertz CT molecular complexity index is 928. The van der Waals surface area contributed by atoms with Gasteiger partial charge in [-0.1, -0.05) is 15.9 Å². The van der Waals surface area contributed by atoms with Crippen LogP contribution in [0, 0.1) is 18.3 Å². The zero-order valence-corrected chi connectivity index (χ0v) is 16.7. The van der Waals surface area contributed by atoms with Gasteiger partial charge in [0.25, 0.3) is 5.91 Å². The number of carbonyl (C=O) groups excluding carboxylic acids is 2. The number of anilines is 1. The molecule has 1 heterocycles. The summed E-state index contributed by atoms with van der Waals surface area (Å²) in [7, 11) is 2.77. The van der Waals surface area contributed by atoms with E-state index in [1.807, 2.05) is 6.07 Å². The van der Waals surface area contributed by atoms with Gasteiger partial charge in [0, 0.05) is 14.9 Å². The van der Waals surface area contributed by atoms with E-state index in [0.29, 0.717) is 16.3 Å². The van der Waals surface area contributed by atoms with Crippen LogP contribution in [0.5, 0.6) is 5.75 Å². The van der Waals surface area contributed by atoms with E-state index < -0.39 is 11.9 Å². The molecule has 6 nitrogen and oxygen atoms in total. The van der Waals surface area contributed by atoms with Crippen molar-refractivity contribution in [2.24, 2.45) is 0 Å². The van der Waals surface area contributed by atoms with Gasteiger partial charge in [0.05, 0.1) is 19.8 Å². The average Bonchev–Trinajstić information content (AvgIpc) is 2.99. The first-order valence-electron chi connectivity index (χ1n) is 7.35. The highest BCUT2D eigenvalue weighted by Gasteiger charge is 2.19. The molecule has 8 heteroatoms. The van der Waals surface area contributed by atoms with Gasteiger partial charge >= 0.3 is 5.97 Å². The number of aryl methyl sites for hydroxylation is 1. The molecule has 2 rings (SSSR count). The largest absolute Gasteiger partial charge is 0.496 e. The van der Waals surface area contributed by atoms with Gasteiger partial charge in [0.2, 0.25) is 0 Å². The summed E-state index contributed by atoms with van der Waals surface area (Å²) in [6.45, 7) is 1.81. The van der Waals surface area contributed by atoms with Crippen molar-refractivity contribution in [1.29, 1.82) is 5.26 Å². The number of hydrogen-bond donors (Lipinski definition) is 1. The highest BCUT2D eigenvalue weighted by molar-refractivity contribution is 9.10. The van der Waals surface area contributed by atoms with Crippen LogP contribution in [0.3, 0.4) is 0 Å². The lowest BCUT2D eigenvalue weighted by Gasteiger charge is -2.07. The monoisotopic (exact) mass is 434 g/mol. The highest BCUT2D eigenvalue weighted by atomic mass is 79.9. The molecule has 0 saturated carbocycles. The molecule has 1 aromatic carbocycles. The fourth-order valence-electron chi connectivity index (χ4n) is 2.16. The minimum Gasteiger partial charge on any atom is -0.496 e. The van der Waals surface area contributed by atoms with Crippen molar-refractivity contribution in [2.45, 2.75) is 6.92 Å². The summed E-state index contributed by atoms with van der Waals surface area (Å²) < 4.78 is 10.7. The van der Waals surface area contributed by atoms with Gasteiger partial charge in [-0.05, 0) is 37.3 Å². The van der Waals surface area contributed by atoms with Gasteiger partial charge in [0.1, 0.15) is 22.4 Å². The Morgan fingerprint density at radius 3 is 2.65 bits per heavy atom. The maximum Gasteiger partial charge on any atom is 0.340 e. The molecule has 1 amide bonds. The van der Waals surface area contributed by atoms with Crippen LogP contribution in [-0.4, -0.2) is 26.1 Å². The average molecular weight is 435 g/mol. The number of rotatable bonds is 5. The molecular formula is C18H15BrN2O4S. The molecule has 0 atom stereocenters. The van der Waals surface area contributed by atoms with Gasteiger partial charge < -0.3 is 14.8 Å². The Kier molecular flexibility index (Phi) is 6.55. The second-order valence-electron chi connectivity index (χ2n) is 5.10. The van der Waals surface area contributed by atoms with Crippen LogP contribution in [0.2, 0.25) is 0 Å². The van der Waals surface area contributed by atoms with Crippen LogP contribution in [0.1, 0.15) is 20.8 Å². The summed E-state index contributed by atoms with van der Waals surface area (Å²) in [5.74, 6) is -0.654. The zero-order valence-electron chi connectivity index (χ0n) is 14.3. The number of esters is 1. The van der Waals surface area contributed by atoms with Crippen molar-refractivity contribution in [1.82, 2.24) is 0 Å².